The van der Waals surface area contributed by atoms with E-state index in [1.54, 1.807) is 0 Å². The fourth-order valence-electron chi connectivity index (χ4n) is 3.02. The maximum atomic E-state index is 9.13. The summed E-state index contributed by atoms with van der Waals surface area (Å²) in [6.45, 7) is 6.80. The molecule has 0 aromatic heterocycles. The molecule has 1 aliphatic rings. The highest BCUT2D eigenvalue weighted by Crippen LogP contribution is 2.20. The molecule has 1 N–H and O–H groups in total. The van der Waals surface area contributed by atoms with Crippen LogP contribution in [0.1, 0.15) is 65.2 Å². The number of nitrogens with one attached hydrogen (secondary N) is 1. The van der Waals surface area contributed by atoms with Crippen LogP contribution >= 0.6 is 0 Å². The van der Waals surface area contributed by atoms with Crippen LogP contribution in [-0.2, 0) is 0 Å². The highest BCUT2D eigenvalue weighted by atomic mass is 15.1. The summed E-state index contributed by atoms with van der Waals surface area (Å²) < 4.78 is 0. The van der Waals surface area contributed by atoms with Gasteiger partial charge >= 0.3 is 0 Å². The Labute approximate surface area is 119 Å². The van der Waals surface area contributed by atoms with Gasteiger partial charge in [0.05, 0.1) is 6.07 Å². The van der Waals surface area contributed by atoms with Crippen molar-refractivity contribution in [1.29, 1.82) is 5.26 Å². The quantitative estimate of drug-likeness (QED) is 0.718. The van der Waals surface area contributed by atoms with Crippen LogP contribution in [0.3, 0.4) is 0 Å². The minimum atomic E-state index is -0.344. The van der Waals surface area contributed by atoms with Crippen molar-refractivity contribution < 1.29 is 0 Å². The van der Waals surface area contributed by atoms with Gasteiger partial charge < -0.3 is 10.2 Å². The van der Waals surface area contributed by atoms with Gasteiger partial charge in [-0.25, -0.2) is 0 Å². The fourth-order valence-corrected chi connectivity index (χ4v) is 3.02. The summed E-state index contributed by atoms with van der Waals surface area (Å²) in [5.41, 5.74) is -0.344. The largest absolute Gasteiger partial charge is 0.303 e. The van der Waals surface area contributed by atoms with E-state index in [9.17, 15) is 0 Å². The summed E-state index contributed by atoms with van der Waals surface area (Å²) in [6, 6.07) is 3.17. The zero-order valence-electron chi connectivity index (χ0n) is 13.0. The third kappa shape index (κ3) is 5.50. The maximum absolute atomic E-state index is 9.13. The molecule has 1 heterocycles. The van der Waals surface area contributed by atoms with E-state index in [0.717, 1.165) is 18.9 Å². The van der Waals surface area contributed by atoms with E-state index in [4.69, 9.17) is 5.26 Å². The number of hydrogen-bond acceptors (Lipinski definition) is 3. The second kappa shape index (κ2) is 8.55. The third-order valence-corrected chi connectivity index (χ3v) is 4.64. The van der Waals surface area contributed by atoms with Crippen LogP contribution in [0.15, 0.2) is 0 Å². The molecule has 0 spiro atoms. The van der Waals surface area contributed by atoms with E-state index >= 15 is 0 Å². The topological polar surface area (TPSA) is 39.1 Å². The summed E-state index contributed by atoms with van der Waals surface area (Å²) in [5.74, 6) is 0. The number of rotatable bonds is 7. The van der Waals surface area contributed by atoms with Crippen LogP contribution in [0.5, 0.6) is 0 Å². The minimum absolute atomic E-state index is 0.344. The van der Waals surface area contributed by atoms with Crippen LogP contribution < -0.4 is 5.32 Å². The third-order valence-electron chi connectivity index (χ3n) is 4.64. The maximum Gasteiger partial charge on any atom is 0.103 e. The van der Waals surface area contributed by atoms with Crippen molar-refractivity contribution in [2.45, 2.75) is 76.8 Å². The van der Waals surface area contributed by atoms with Crippen molar-refractivity contribution in [3.05, 3.63) is 0 Å². The molecule has 19 heavy (non-hydrogen) atoms. The monoisotopic (exact) mass is 265 g/mol. The van der Waals surface area contributed by atoms with E-state index < -0.39 is 0 Å². The summed E-state index contributed by atoms with van der Waals surface area (Å²) in [5, 5.41) is 12.2. The zero-order valence-corrected chi connectivity index (χ0v) is 13.0. The van der Waals surface area contributed by atoms with Gasteiger partial charge in [0.25, 0.3) is 0 Å². The number of nitriles is 1. The predicted molar refractivity (Wildman–Crippen MR) is 81.0 cm³/mol. The lowest BCUT2D eigenvalue weighted by molar-refractivity contribution is 0.189. The summed E-state index contributed by atoms with van der Waals surface area (Å²) in [4.78, 5) is 2.69. The van der Waals surface area contributed by atoms with Crippen LogP contribution in [0, 0.1) is 11.3 Å². The summed E-state index contributed by atoms with van der Waals surface area (Å²) in [7, 11) is 1.88. The molecule has 2 atom stereocenters. The Morgan fingerprint density at radius 3 is 2.74 bits per heavy atom. The van der Waals surface area contributed by atoms with Gasteiger partial charge in [-0.2, -0.15) is 5.26 Å². The summed E-state index contributed by atoms with van der Waals surface area (Å²) in [6.07, 6.45) is 10.1. The van der Waals surface area contributed by atoms with Gasteiger partial charge in [-0.15, -0.1) is 0 Å². The molecule has 1 aliphatic heterocycles. The summed E-state index contributed by atoms with van der Waals surface area (Å²) >= 11 is 0. The second-order valence-electron chi connectivity index (χ2n) is 6.10. The van der Waals surface area contributed by atoms with Gasteiger partial charge in [0.2, 0.25) is 0 Å². The molecule has 1 rings (SSSR count). The van der Waals surface area contributed by atoms with E-state index in [2.05, 4.69) is 23.2 Å². The number of hydrogen-bond donors (Lipinski definition) is 1. The lowest BCUT2D eigenvalue weighted by Gasteiger charge is -2.29. The van der Waals surface area contributed by atoms with Gasteiger partial charge in [-0.05, 0) is 65.6 Å². The Hall–Kier alpha value is -0.590. The van der Waals surface area contributed by atoms with Crippen LogP contribution in [0.4, 0.5) is 0 Å². The first-order chi connectivity index (χ1) is 9.15. The minimum Gasteiger partial charge on any atom is -0.303 e. The Kier molecular flexibility index (Phi) is 7.41. The molecule has 1 fully saturated rings. The molecule has 2 unspecified atom stereocenters. The van der Waals surface area contributed by atoms with Crippen molar-refractivity contribution >= 4 is 0 Å². The average molecular weight is 265 g/mol. The van der Waals surface area contributed by atoms with E-state index in [-0.39, 0.29) is 5.54 Å². The first kappa shape index (κ1) is 16.5. The van der Waals surface area contributed by atoms with Crippen molar-refractivity contribution in [1.82, 2.24) is 10.2 Å². The fraction of sp³-hybridized carbons (Fsp3) is 0.938. The predicted octanol–water partition coefficient (Wildman–Crippen LogP) is 3.31. The molecular weight excluding hydrogens is 234 g/mol. The average Bonchev–Trinajstić information content (AvgIpc) is 2.68. The number of nitrogens with zero attached hydrogens (tertiary/aromatic N) is 2. The number of unbranched alkanes of at least 4 members (excludes halogenated alkanes) is 1. The van der Waals surface area contributed by atoms with Gasteiger partial charge in [0, 0.05) is 6.04 Å². The molecule has 3 heteroatoms. The van der Waals surface area contributed by atoms with Crippen LogP contribution in [0.25, 0.3) is 0 Å². The lowest BCUT2D eigenvalue weighted by atomic mass is 9.96. The smallest absolute Gasteiger partial charge is 0.103 e. The van der Waals surface area contributed by atoms with E-state index in [1.165, 1.54) is 51.6 Å². The molecule has 0 aliphatic carbocycles. The van der Waals surface area contributed by atoms with Gasteiger partial charge in [0.1, 0.15) is 5.54 Å². The first-order valence-electron chi connectivity index (χ1n) is 7.99. The van der Waals surface area contributed by atoms with E-state index in [1.807, 2.05) is 14.0 Å². The Bertz CT molecular complexity index is 284. The standard InChI is InChI=1S/C16H31N3/c1-4-15-10-6-5-8-12-19(15)13-9-7-11-16(2,14-17)18-3/h15,18H,4-13H2,1-3H3. The van der Waals surface area contributed by atoms with Crippen molar-refractivity contribution in [3.8, 4) is 6.07 Å². The highest BCUT2D eigenvalue weighted by Gasteiger charge is 2.21. The molecule has 0 aromatic rings. The molecule has 0 radical (unpaired) electrons. The molecular formula is C16H31N3. The van der Waals surface area contributed by atoms with Crippen LogP contribution in [0.2, 0.25) is 0 Å². The lowest BCUT2D eigenvalue weighted by Crippen LogP contribution is -2.38. The van der Waals surface area contributed by atoms with Crippen molar-refractivity contribution in [2.24, 2.45) is 0 Å². The highest BCUT2D eigenvalue weighted by molar-refractivity contribution is 5.02. The van der Waals surface area contributed by atoms with Crippen molar-refractivity contribution in [3.63, 3.8) is 0 Å². The zero-order chi connectivity index (χ0) is 14.1. The Balaban J connectivity index is 2.29. The van der Waals surface area contributed by atoms with Crippen molar-refractivity contribution in [2.75, 3.05) is 20.1 Å². The molecule has 0 saturated carbocycles. The molecule has 0 amide bonds. The first-order valence-corrected chi connectivity index (χ1v) is 7.99. The van der Waals surface area contributed by atoms with E-state index in [0.29, 0.717) is 0 Å². The molecule has 110 valence electrons. The van der Waals surface area contributed by atoms with Gasteiger partial charge in [-0.3, -0.25) is 0 Å². The van der Waals surface area contributed by atoms with Crippen LogP contribution in [-0.4, -0.2) is 36.6 Å². The molecule has 3 nitrogen and oxygen atoms in total. The Morgan fingerprint density at radius 1 is 1.32 bits per heavy atom. The number of likely N-dealkylation sites (tertiary alicyclic amines) is 1. The molecule has 0 bridgehead atoms. The Morgan fingerprint density at radius 2 is 2.11 bits per heavy atom. The molecule has 1 saturated heterocycles. The normalized spacial score (nSPS) is 24.4. The molecule has 0 aromatic carbocycles. The SMILES string of the molecule is CCC1CCCCCN1CCCCC(C)(C#N)NC. The van der Waals surface area contributed by atoms with Gasteiger partial charge in [0.15, 0.2) is 0 Å². The second-order valence-corrected chi connectivity index (χ2v) is 6.10. The van der Waals surface area contributed by atoms with Gasteiger partial charge in [-0.1, -0.05) is 19.8 Å².